The van der Waals surface area contributed by atoms with E-state index in [0.29, 0.717) is 12.4 Å². The molecule has 2 rings (SSSR count). The molecule has 0 fully saturated rings. The molecule has 3 N–H and O–H groups in total. The summed E-state index contributed by atoms with van der Waals surface area (Å²) in [6.07, 6.45) is 0.793. The Bertz CT molecular complexity index is 502. The molecule has 1 heterocycles. The fourth-order valence-corrected chi connectivity index (χ4v) is 1.94. The van der Waals surface area contributed by atoms with E-state index in [1.54, 1.807) is 0 Å². The van der Waals surface area contributed by atoms with E-state index in [9.17, 15) is 0 Å². The maximum atomic E-state index is 5.93. The Kier molecular flexibility index (Phi) is 3.99. The van der Waals surface area contributed by atoms with Crippen molar-refractivity contribution in [2.75, 3.05) is 18.9 Å². The molecular weight excluding hydrogens is 226 g/mol. The van der Waals surface area contributed by atoms with E-state index >= 15 is 0 Å². The van der Waals surface area contributed by atoms with Gasteiger partial charge in [-0.25, -0.2) is 0 Å². The number of H-pyrrole nitrogens is 1. The molecule has 0 saturated carbocycles. The van der Waals surface area contributed by atoms with Gasteiger partial charge in [-0.15, -0.1) is 0 Å². The molecule has 0 unspecified atom stereocenters. The van der Waals surface area contributed by atoms with Crippen LogP contribution in [0.2, 0.25) is 0 Å². The van der Waals surface area contributed by atoms with Gasteiger partial charge in [-0.05, 0) is 19.4 Å². The summed E-state index contributed by atoms with van der Waals surface area (Å²) in [6.45, 7) is 5.46. The van der Waals surface area contributed by atoms with Crippen LogP contribution in [-0.4, -0.2) is 23.4 Å². The number of nitrogen functional groups attached to an aromatic ring is 1. The average molecular weight is 245 g/mol. The number of hydrogen-bond acceptors (Lipinski definition) is 3. The van der Waals surface area contributed by atoms with Crippen LogP contribution in [0.25, 0.3) is 11.1 Å². The van der Waals surface area contributed by atoms with Crippen LogP contribution in [0.1, 0.15) is 18.2 Å². The summed E-state index contributed by atoms with van der Waals surface area (Å²) in [6, 6.07) is 8.30. The van der Waals surface area contributed by atoms with E-state index in [2.05, 4.69) is 41.4 Å². The molecule has 0 aliphatic carbocycles. The maximum absolute atomic E-state index is 5.93. The molecule has 0 amide bonds. The summed E-state index contributed by atoms with van der Waals surface area (Å²) in [5.74, 6) is 0.547. The summed E-state index contributed by atoms with van der Waals surface area (Å²) in [4.78, 5) is 0. The molecule has 0 aliphatic rings. The third-order valence-corrected chi connectivity index (χ3v) is 2.91. The van der Waals surface area contributed by atoms with Gasteiger partial charge in [0.1, 0.15) is 0 Å². The van der Waals surface area contributed by atoms with Crippen LogP contribution in [0.3, 0.4) is 0 Å². The molecule has 2 aromatic rings. The third-order valence-electron chi connectivity index (χ3n) is 2.91. The molecule has 0 radical (unpaired) electrons. The first-order valence-electron chi connectivity index (χ1n) is 6.20. The van der Waals surface area contributed by atoms with Crippen LogP contribution < -0.4 is 5.73 Å². The minimum absolute atomic E-state index is 0.547. The van der Waals surface area contributed by atoms with Gasteiger partial charge in [0, 0.05) is 24.3 Å². The summed E-state index contributed by atoms with van der Waals surface area (Å²) in [5.41, 5.74) is 10.3. The first-order valence-corrected chi connectivity index (χ1v) is 6.20. The lowest BCUT2D eigenvalue weighted by molar-refractivity contribution is 0.150. The SMILES string of the molecule is CCOCCc1[nH]nc(N)c1-c1ccc(C)cc1. The normalized spacial score (nSPS) is 10.8. The third kappa shape index (κ3) is 2.71. The summed E-state index contributed by atoms with van der Waals surface area (Å²) in [5, 5.41) is 7.08. The minimum atomic E-state index is 0.547. The van der Waals surface area contributed by atoms with Crippen LogP contribution in [0, 0.1) is 6.92 Å². The standard InChI is InChI=1S/C14H19N3O/c1-3-18-9-8-12-13(14(15)17-16-12)11-6-4-10(2)5-7-11/h4-7H,3,8-9H2,1-2H3,(H3,15,16,17). The van der Waals surface area contributed by atoms with Crippen LogP contribution in [0.4, 0.5) is 5.82 Å². The predicted octanol–water partition coefficient (Wildman–Crippen LogP) is 2.55. The zero-order valence-corrected chi connectivity index (χ0v) is 10.9. The Morgan fingerprint density at radius 3 is 2.67 bits per heavy atom. The molecule has 1 aromatic heterocycles. The van der Waals surface area contributed by atoms with Crippen LogP contribution in [0.15, 0.2) is 24.3 Å². The Morgan fingerprint density at radius 2 is 2.00 bits per heavy atom. The largest absolute Gasteiger partial charge is 0.382 e. The van der Waals surface area contributed by atoms with E-state index in [4.69, 9.17) is 10.5 Å². The van der Waals surface area contributed by atoms with E-state index < -0.39 is 0 Å². The Hall–Kier alpha value is -1.81. The number of nitrogens with zero attached hydrogens (tertiary/aromatic N) is 1. The van der Waals surface area contributed by atoms with Gasteiger partial charge in [0.05, 0.1) is 6.61 Å². The number of anilines is 1. The van der Waals surface area contributed by atoms with Crippen molar-refractivity contribution in [3.8, 4) is 11.1 Å². The highest BCUT2D eigenvalue weighted by Gasteiger charge is 2.12. The van der Waals surface area contributed by atoms with Crippen molar-refractivity contribution < 1.29 is 4.74 Å². The van der Waals surface area contributed by atoms with Crippen molar-refractivity contribution in [2.45, 2.75) is 20.3 Å². The van der Waals surface area contributed by atoms with Gasteiger partial charge in [-0.1, -0.05) is 29.8 Å². The average Bonchev–Trinajstić information content (AvgIpc) is 2.72. The molecule has 0 bridgehead atoms. The van der Waals surface area contributed by atoms with Gasteiger partial charge in [0.15, 0.2) is 5.82 Å². The fourth-order valence-electron chi connectivity index (χ4n) is 1.94. The van der Waals surface area contributed by atoms with Gasteiger partial charge in [0.2, 0.25) is 0 Å². The smallest absolute Gasteiger partial charge is 0.153 e. The molecular formula is C14H19N3O. The molecule has 0 saturated heterocycles. The van der Waals surface area contributed by atoms with Crippen LogP contribution in [-0.2, 0) is 11.2 Å². The highest BCUT2D eigenvalue weighted by Crippen LogP contribution is 2.28. The molecule has 0 atom stereocenters. The quantitative estimate of drug-likeness (QED) is 0.796. The van der Waals surface area contributed by atoms with Gasteiger partial charge < -0.3 is 10.5 Å². The minimum Gasteiger partial charge on any atom is -0.382 e. The second kappa shape index (κ2) is 5.69. The molecule has 0 spiro atoms. The number of aryl methyl sites for hydroxylation is 1. The van der Waals surface area contributed by atoms with Crippen molar-refractivity contribution in [1.82, 2.24) is 10.2 Å². The number of rotatable bonds is 5. The number of nitrogens with one attached hydrogen (secondary N) is 1. The summed E-state index contributed by atoms with van der Waals surface area (Å²) < 4.78 is 5.37. The molecule has 0 aliphatic heterocycles. The highest BCUT2D eigenvalue weighted by atomic mass is 16.5. The number of aromatic amines is 1. The first-order chi connectivity index (χ1) is 8.72. The van der Waals surface area contributed by atoms with Gasteiger partial charge in [-0.2, -0.15) is 5.10 Å². The molecule has 18 heavy (non-hydrogen) atoms. The second-order valence-corrected chi connectivity index (χ2v) is 4.28. The van der Waals surface area contributed by atoms with Gasteiger partial charge in [-0.3, -0.25) is 5.10 Å². The lowest BCUT2D eigenvalue weighted by Gasteiger charge is -2.05. The van der Waals surface area contributed by atoms with Crippen molar-refractivity contribution in [3.63, 3.8) is 0 Å². The topological polar surface area (TPSA) is 63.9 Å². The number of benzene rings is 1. The lowest BCUT2D eigenvalue weighted by Crippen LogP contribution is -2.00. The monoisotopic (exact) mass is 245 g/mol. The van der Waals surface area contributed by atoms with Gasteiger partial charge in [0.25, 0.3) is 0 Å². The Labute approximate surface area is 107 Å². The maximum Gasteiger partial charge on any atom is 0.153 e. The molecule has 1 aromatic carbocycles. The van der Waals surface area contributed by atoms with E-state index in [1.807, 2.05) is 6.92 Å². The molecule has 96 valence electrons. The van der Waals surface area contributed by atoms with E-state index in [1.165, 1.54) is 5.56 Å². The van der Waals surface area contributed by atoms with Crippen molar-refractivity contribution in [3.05, 3.63) is 35.5 Å². The summed E-state index contributed by atoms with van der Waals surface area (Å²) in [7, 11) is 0. The molecule has 4 nitrogen and oxygen atoms in total. The van der Waals surface area contributed by atoms with Crippen molar-refractivity contribution >= 4 is 5.82 Å². The number of nitrogens with two attached hydrogens (primary N) is 1. The lowest BCUT2D eigenvalue weighted by atomic mass is 10.0. The predicted molar refractivity (Wildman–Crippen MR) is 73.4 cm³/mol. The summed E-state index contributed by atoms with van der Waals surface area (Å²) >= 11 is 0. The zero-order chi connectivity index (χ0) is 13.0. The number of aromatic nitrogens is 2. The van der Waals surface area contributed by atoms with Gasteiger partial charge >= 0.3 is 0 Å². The van der Waals surface area contributed by atoms with Crippen molar-refractivity contribution in [1.29, 1.82) is 0 Å². The molecule has 4 heteroatoms. The Balaban J connectivity index is 2.25. The van der Waals surface area contributed by atoms with Crippen LogP contribution in [0.5, 0.6) is 0 Å². The highest BCUT2D eigenvalue weighted by molar-refractivity contribution is 5.76. The number of hydrogen-bond donors (Lipinski definition) is 2. The number of ether oxygens (including phenoxy) is 1. The van der Waals surface area contributed by atoms with E-state index in [0.717, 1.165) is 29.8 Å². The fraction of sp³-hybridized carbons (Fsp3) is 0.357. The van der Waals surface area contributed by atoms with Crippen molar-refractivity contribution in [2.24, 2.45) is 0 Å². The Morgan fingerprint density at radius 1 is 1.28 bits per heavy atom. The van der Waals surface area contributed by atoms with E-state index in [-0.39, 0.29) is 0 Å². The second-order valence-electron chi connectivity index (χ2n) is 4.28. The van der Waals surface area contributed by atoms with Crippen LogP contribution >= 0.6 is 0 Å². The first kappa shape index (κ1) is 12.6. The zero-order valence-electron chi connectivity index (χ0n) is 10.9.